The van der Waals surface area contributed by atoms with E-state index in [1.165, 1.54) is 19.1 Å². The molecule has 1 atom stereocenters. The molecule has 0 saturated carbocycles. The zero-order chi connectivity index (χ0) is 9.84. The van der Waals surface area contributed by atoms with E-state index in [1.54, 1.807) is 6.07 Å². The Hall–Kier alpha value is -1.43. The van der Waals surface area contributed by atoms with Crippen LogP contribution in [0, 0.1) is 17.1 Å². The van der Waals surface area contributed by atoms with E-state index in [2.05, 4.69) is 0 Å². The van der Waals surface area contributed by atoms with Gasteiger partial charge in [0.15, 0.2) is 0 Å². The molecule has 1 unspecified atom stereocenters. The van der Waals surface area contributed by atoms with E-state index in [9.17, 15) is 8.78 Å². The van der Waals surface area contributed by atoms with Gasteiger partial charge in [-0.05, 0) is 18.6 Å². The van der Waals surface area contributed by atoms with Gasteiger partial charge in [0, 0.05) is 5.56 Å². The van der Waals surface area contributed by atoms with Crippen LogP contribution in [0.2, 0.25) is 0 Å². The molecular weight excluding hydrogens is 172 g/mol. The SMILES string of the molecule is CC(F)c1c(F)cccc1CC#N. The van der Waals surface area contributed by atoms with Crippen LogP contribution in [0.25, 0.3) is 0 Å². The van der Waals surface area contributed by atoms with Crippen LogP contribution in [0.4, 0.5) is 8.78 Å². The fourth-order valence-corrected chi connectivity index (χ4v) is 1.27. The summed E-state index contributed by atoms with van der Waals surface area (Å²) in [6, 6.07) is 6.12. The zero-order valence-electron chi connectivity index (χ0n) is 7.22. The predicted octanol–water partition coefficient (Wildman–Crippen LogP) is 2.92. The van der Waals surface area contributed by atoms with Crippen molar-refractivity contribution in [2.75, 3.05) is 0 Å². The summed E-state index contributed by atoms with van der Waals surface area (Å²) in [5, 5.41) is 8.42. The monoisotopic (exact) mass is 181 g/mol. The average Bonchev–Trinajstić information content (AvgIpc) is 2.04. The molecule has 0 saturated heterocycles. The standard InChI is InChI=1S/C10H9F2N/c1-7(11)10-8(5-6-13)3-2-4-9(10)12/h2-4,7H,5H2,1H3. The Morgan fingerprint density at radius 3 is 2.77 bits per heavy atom. The molecule has 0 aliphatic rings. The molecule has 0 aromatic heterocycles. The summed E-state index contributed by atoms with van der Waals surface area (Å²) in [7, 11) is 0. The number of benzene rings is 1. The molecule has 0 N–H and O–H groups in total. The summed E-state index contributed by atoms with van der Waals surface area (Å²) in [6.45, 7) is 1.26. The minimum absolute atomic E-state index is 0.00375. The van der Waals surface area contributed by atoms with Crippen molar-refractivity contribution in [2.24, 2.45) is 0 Å². The topological polar surface area (TPSA) is 23.8 Å². The van der Waals surface area contributed by atoms with Gasteiger partial charge in [0.1, 0.15) is 12.0 Å². The number of hydrogen-bond acceptors (Lipinski definition) is 1. The second-order valence-electron chi connectivity index (χ2n) is 2.76. The van der Waals surface area contributed by atoms with Crippen LogP contribution in [0.15, 0.2) is 18.2 Å². The molecule has 0 heterocycles. The minimum Gasteiger partial charge on any atom is -0.242 e. The maximum atomic E-state index is 13.1. The molecule has 0 radical (unpaired) electrons. The maximum Gasteiger partial charge on any atom is 0.129 e. The molecule has 0 amide bonds. The highest BCUT2D eigenvalue weighted by molar-refractivity contribution is 5.32. The Morgan fingerprint density at radius 1 is 1.54 bits per heavy atom. The van der Waals surface area contributed by atoms with Crippen molar-refractivity contribution in [2.45, 2.75) is 19.5 Å². The first-order valence-corrected chi connectivity index (χ1v) is 3.95. The first-order valence-electron chi connectivity index (χ1n) is 3.95. The molecule has 68 valence electrons. The van der Waals surface area contributed by atoms with E-state index < -0.39 is 12.0 Å². The lowest BCUT2D eigenvalue weighted by atomic mass is 10.0. The lowest BCUT2D eigenvalue weighted by molar-refractivity contribution is 0.359. The molecule has 1 aromatic carbocycles. The van der Waals surface area contributed by atoms with Crippen molar-refractivity contribution < 1.29 is 8.78 Å². The maximum absolute atomic E-state index is 13.1. The Balaban J connectivity index is 3.19. The summed E-state index contributed by atoms with van der Waals surface area (Å²) in [5.74, 6) is -0.581. The smallest absolute Gasteiger partial charge is 0.129 e. The Morgan fingerprint density at radius 2 is 2.23 bits per heavy atom. The van der Waals surface area contributed by atoms with Crippen molar-refractivity contribution in [1.82, 2.24) is 0 Å². The Kier molecular flexibility index (Phi) is 2.97. The lowest BCUT2D eigenvalue weighted by Crippen LogP contribution is -1.98. The number of alkyl halides is 1. The Labute approximate surface area is 75.6 Å². The highest BCUT2D eigenvalue weighted by Crippen LogP contribution is 2.24. The van der Waals surface area contributed by atoms with Crippen molar-refractivity contribution in [1.29, 1.82) is 5.26 Å². The molecule has 13 heavy (non-hydrogen) atoms. The predicted molar refractivity (Wildman–Crippen MR) is 45.2 cm³/mol. The van der Waals surface area contributed by atoms with Crippen LogP contribution in [-0.2, 0) is 6.42 Å². The number of nitrogens with zero attached hydrogens (tertiary/aromatic N) is 1. The van der Waals surface area contributed by atoms with Gasteiger partial charge in [0.25, 0.3) is 0 Å². The van der Waals surface area contributed by atoms with Crippen molar-refractivity contribution in [3.63, 3.8) is 0 Å². The second-order valence-corrected chi connectivity index (χ2v) is 2.76. The third kappa shape index (κ3) is 2.03. The molecule has 1 rings (SSSR count). The molecule has 0 spiro atoms. The fourth-order valence-electron chi connectivity index (χ4n) is 1.27. The fraction of sp³-hybridized carbons (Fsp3) is 0.300. The van der Waals surface area contributed by atoms with Crippen LogP contribution in [0.3, 0.4) is 0 Å². The summed E-state index contributed by atoms with van der Waals surface area (Å²) in [4.78, 5) is 0. The summed E-state index contributed by atoms with van der Waals surface area (Å²) < 4.78 is 26.0. The van der Waals surface area contributed by atoms with Crippen molar-refractivity contribution in [3.8, 4) is 6.07 Å². The third-order valence-corrected chi connectivity index (χ3v) is 1.81. The number of rotatable bonds is 2. The van der Waals surface area contributed by atoms with E-state index in [-0.39, 0.29) is 12.0 Å². The molecule has 0 bridgehead atoms. The molecule has 0 aliphatic carbocycles. The van der Waals surface area contributed by atoms with Gasteiger partial charge in [-0.1, -0.05) is 12.1 Å². The summed E-state index contributed by atoms with van der Waals surface area (Å²) in [6.07, 6.45) is -1.33. The first-order chi connectivity index (χ1) is 6.16. The van der Waals surface area contributed by atoms with Crippen molar-refractivity contribution >= 4 is 0 Å². The van der Waals surface area contributed by atoms with Crippen LogP contribution < -0.4 is 0 Å². The van der Waals surface area contributed by atoms with Gasteiger partial charge in [0.2, 0.25) is 0 Å². The highest BCUT2D eigenvalue weighted by atomic mass is 19.1. The van der Waals surface area contributed by atoms with Gasteiger partial charge in [0.05, 0.1) is 12.5 Å². The van der Waals surface area contributed by atoms with E-state index >= 15 is 0 Å². The lowest BCUT2D eigenvalue weighted by Gasteiger charge is -2.08. The van der Waals surface area contributed by atoms with Crippen molar-refractivity contribution in [3.05, 3.63) is 35.1 Å². The second kappa shape index (κ2) is 3.99. The van der Waals surface area contributed by atoms with E-state index in [0.29, 0.717) is 5.56 Å². The van der Waals surface area contributed by atoms with Gasteiger partial charge >= 0.3 is 0 Å². The molecule has 3 heteroatoms. The normalized spacial score (nSPS) is 12.2. The minimum atomic E-state index is -1.37. The van der Waals surface area contributed by atoms with Gasteiger partial charge < -0.3 is 0 Å². The molecule has 1 aromatic rings. The third-order valence-electron chi connectivity index (χ3n) is 1.81. The quantitative estimate of drug-likeness (QED) is 0.688. The first kappa shape index (κ1) is 9.66. The average molecular weight is 181 g/mol. The molecule has 0 aliphatic heterocycles. The number of halogens is 2. The van der Waals surface area contributed by atoms with E-state index in [4.69, 9.17) is 5.26 Å². The molecule has 0 fully saturated rings. The van der Waals surface area contributed by atoms with Crippen LogP contribution in [0.5, 0.6) is 0 Å². The van der Waals surface area contributed by atoms with Gasteiger partial charge in [-0.25, -0.2) is 8.78 Å². The van der Waals surface area contributed by atoms with Gasteiger partial charge in [-0.2, -0.15) is 5.26 Å². The van der Waals surface area contributed by atoms with Gasteiger partial charge in [-0.3, -0.25) is 0 Å². The van der Waals surface area contributed by atoms with Gasteiger partial charge in [-0.15, -0.1) is 0 Å². The van der Waals surface area contributed by atoms with Crippen LogP contribution in [0.1, 0.15) is 24.2 Å². The zero-order valence-corrected chi connectivity index (χ0v) is 7.22. The number of nitriles is 1. The summed E-state index contributed by atoms with van der Waals surface area (Å²) in [5.41, 5.74) is 0.432. The molecule has 1 nitrogen and oxygen atoms in total. The van der Waals surface area contributed by atoms with E-state index in [0.717, 1.165) is 0 Å². The van der Waals surface area contributed by atoms with E-state index in [1.807, 2.05) is 6.07 Å². The van der Waals surface area contributed by atoms with Crippen LogP contribution >= 0.6 is 0 Å². The molecular formula is C10H9F2N. The number of hydrogen-bond donors (Lipinski definition) is 0. The summed E-state index contributed by atoms with van der Waals surface area (Å²) >= 11 is 0. The highest BCUT2D eigenvalue weighted by Gasteiger charge is 2.13. The van der Waals surface area contributed by atoms with Crippen LogP contribution in [-0.4, -0.2) is 0 Å². The Bertz CT molecular complexity index is 339. The largest absolute Gasteiger partial charge is 0.242 e.